The Morgan fingerprint density at radius 3 is 1.40 bits per heavy atom. The molecular formula is C48H30. The van der Waals surface area contributed by atoms with Crippen LogP contribution in [0.1, 0.15) is 0 Å². The van der Waals surface area contributed by atoms with Crippen LogP contribution in [0.2, 0.25) is 0 Å². The standard InChI is InChI=1S/C48H30/c1-2-13-32-26-36(25-24-31(32)12-1)34-16-11-17-37(27-34)47-41-20-7-9-22-43(41)48(44-23-10-8-21-42(44)47)46-30-38-28-33-14-3-4-15-35(33)29-45(38)39-18-5-6-19-40(39)46/h1-30H. The average Bonchev–Trinajstić information content (AvgIpc) is 3.16. The van der Waals surface area contributed by atoms with E-state index in [1.54, 1.807) is 0 Å². The monoisotopic (exact) mass is 606 g/mol. The second-order valence-corrected chi connectivity index (χ2v) is 12.9. The fraction of sp³-hybridized carbons (Fsp3) is 0. The third-order valence-corrected chi connectivity index (χ3v) is 10.2. The van der Waals surface area contributed by atoms with E-state index >= 15 is 0 Å². The van der Waals surface area contributed by atoms with Gasteiger partial charge < -0.3 is 0 Å². The molecular weight excluding hydrogens is 577 g/mol. The fourth-order valence-electron chi connectivity index (χ4n) is 7.96. The van der Waals surface area contributed by atoms with Gasteiger partial charge in [0.1, 0.15) is 0 Å². The van der Waals surface area contributed by atoms with Crippen molar-refractivity contribution in [1.29, 1.82) is 0 Å². The highest BCUT2D eigenvalue weighted by atomic mass is 14.2. The Labute approximate surface area is 279 Å². The molecule has 0 aliphatic rings. The van der Waals surface area contributed by atoms with Gasteiger partial charge in [0.05, 0.1) is 0 Å². The molecule has 10 aromatic carbocycles. The number of hydrogen-bond acceptors (Lipinski definition) is 0. The van der Waals surface area contributed by atoms with Crippen LogP contribution in [-0.4, -0.2) is 0 Å². The maximum atomic E-state index is 2.43. The Morgan fingerprint density at radius 1 is 0.208 bits per heavy atom. The predicted molar refractivity (Wildman–Crippen MR) is 208 cm³/mol. The van der Waals surface area contributed by atoms with Crippen molar-refractivity contribution in [2.75, 3.05) is 0 Å². The van der Waals surface area contributed by atoms with Crippen LogP contribution in [0.4, 0.5) is 0 Å². The Morgan fingerprint density at radius 2 is 0.708 bits per heavy atom. The van der Waals surface area contributed by atoms with Crippen LogP contribution >= 0.6 is 0 Å². The lowest BCUT2D eigenvalue weighted by Gasteiger charge is -2.20. The Kier molecular flexibility index (Phi) is 5.98. The minimum Gasteiger partial charge on any atom is -0.0616 e. The Bertz CT molecular complexity index is 2830. The average molecular weight is 607 g/mol. The van der Waals surface area contributed by atoms with E-state index in [0.29, 0.717) is 0 Å². The van der Waals surface area contributed by atoms with Gasteiger partial charge in [-0.2, -0.15) is 0 Å². The number of hydrogen-bond donors (Lipinski definition) is 0. The van der Waals surface area contributed by atoms with Crippen LogP contribution in [0, 0.1) is 0 Å². The minimum absolute atomic E-state index is 1.23. The molecule has 48 heavy (non-hydrogen) atoms. The summed E-state index contributed by atoms with van der Waals surface area (Å²) in [6, 6.07) is 67.2. The maximum absolute atomic E-state index is 2.43. The summed E-state index contributed by atoms with van der Waals surface area (Å²) in [6.07, 6.45) is 0. The second kappa shape index (κ2) is 10.7. The highest BCUT2D eigenvalue weighted by Gasteiger charge is 2.19. The lowest BCUT2D eigenvalue weighted by molar-refractivity contribution is 1.63. The van der Waals surface area contributed by atoms with Gasteiger partial charge >= 0.3 is 0 Å². The van der Waals surface area contributed by atoms with Crippen LogP contribution in [0.15, 0.2) is 182 Å². The molecule has 222 valence electrons. The molecule has 0 amide bonds. The molecule has 10 aromatic rings. The third kappa shape index (κ3) is 4.16. The summed E-state index contributed by atoms with van der Waals surface area (Å²) in [7, 11) is 0. The predicted octanol–water partition coefficient (Wildman–Crippen LogP) is 13.6. The normalized spacial score (nSPS) is 11.8. The molecule has 0 heterocycles. The van der Waals surface area contributed by atoms with E-state index in [-0.39, 0.29) is 0 Å². The van der Waals surface area contributed by atoms with Crippen molar-refractivity contribution in [2.45, 2.75) is 0 Å². The van der Waals surface area contributed by atoms with Crippen molar-refractivity contribution in [2.24, 2.45) is 0 Å². The van der Waals surface area contributed by atoms with Crippen molar-refractivity contribution < 1.29 is 0 Å². The smallest absolute Gasteiger partial charge is 0.00199 e. The SMILES string of the molecule is c1cc(-c2ccc3ccccc3c2)cc(-c2c3ccccc3c(-c3cc4cc5ccccc5cc4c4ccccc34)c3ccccc23)c1. The van der Waals surface area contributed by atoms with Gasteiger partial charge in [0.2, 0.25) is 0 Å². The van der Waals surface area contributed by atoms with Crippen molar-refractivity contribution in [1.82, 2.24) is 0 Å². The summed E-state index contributed by atoms with van der Waals surface area (Å²) < 4.78 is 0. The van der Waals surface area contributed by atoms with Crippen molar-refractivity contribution >= 4 is 64.6 Å². The summed E-state index contributed by atoms with van der Waals surface area (Å²) in [5.41, 5.74) is 7.54. The molecule has 0 radical (unpaired) electrons. The zero-order valence-electron chi connectivity index (χ0n) is 26.3. The minimum atomic E-state index is 1.23. The molecule has 10 rings (SSSR count). The first-order chi connectivity index (χ1) is 23.8. The van der Waals surface area contributed by atoms with Gasteiger partial charge in [0.15, 0.2) is 0 Å². The van der Waals surface area contributed by atoms with Crippen molar-refractivity contribution in [3.05, 3.63) is 182 Å². The fourth-order valence-corrected chi connectivity index (χ4v) is 7.96. The van der Waals surface area contributed by atoms with E-state index in [4.69, 9.17) is 0 Å². The molecule has 0 saturated carbocycles. The van der Waals surface area contributed by atoms with Gasteiger partial charge in [-0.15, -0.1) is 0 Å². The van der Waals surface area contributed by atoms with Gasteiger partial charge in [0, 0.05) is 0 Å². The molecule has 0 unspecified atom stereocenters. The lowest BCUT2D eigenvalue weighted by Crippen LogP contribution is -1.92. The summed E-state index contributed by atoms with van der Waals surface area (Å²) >= 11 is 0. The van der Waals surface area contributed by atoms with Crippen LogP contribution in [0.25, 0.3) is 98.0 Å². The van der Waals surface area contributed by atoms with E-state index in [1.807, 2.05) is 0 Å². The molecule has 0 heteroatoms. The molecule has 0 spiro atoms. The van der Waals surface area contributed by atoms with E-state index in [0.717, 1.165) is 0 Å². The van der Waals surface area contributed by atoms with Crippen molar-refractivity contribution in [3.8, 4) is 33.4 Å². The van der Waals surface area contributed by atoms with Crippen LogP contribution in [0.3, 0.4) is 0 Å². The van der Waals surface area contributed by atoms with Gasteiger partial charge in [-0.3, -0.25) is 0 Å². The summed E-state index contributed by atoms with van der Waals surface area (Å²) in [4.78, 5) is 0. The molecule has 0 fully saturated rings. The molecule has 0 aliphatic heterocycles. The lowest BCUT2D eigenvalue weighted by atomic mass is 9.83. The third-order valence-electron chi connectivity index (χ3n) is 10.2. The Hall–Kier alpha value is -6.24. The molecule has 0 saturated heterocycles. The summed E-state index contributed by atoms with van der Waals surface area (Å²) in [5, 5.41) is 15.3. The number of rotatable bonds is 3. The highest BCUT2D eigenvalue weighted by Crippen LogP contribution is 2.47. The van der Waals surface area contributed by atoms with Crippen LogP contribution in [0.5, 0.6) is 0 Å². The first-order valence-electron chi connectivity index (χ1n) is 16.7. The first kappa shape index (κ1) is 26.9. The molecule has 0 aliphatic carbocycles. The highest BCUT2D eigenvalue weighted by molar-refractivity contribution is 6.26. The van der Waals surface area contributed by atoms with Gasteiger partial charge in [-0.1, -0.05) is 152 Å². The molecule has 0 bridgehead atoms. The quantitative estimate of drug-likeness (QED) is 0.139. The maximum Gasteiger partial charge on any atom is -0.00199 e. The van der Waals surface area contributed by atoms with E-state index in [1.165, 1.54) is 98.0 Å². The molecule has 0 aromatic heterocycles. The largest absolute Gasteiger partial charge is 0.0616 e. The van der Waals surface area contributed by atoms with E-state index in [9.17, 15) is 0 Å². The van der Waals surface area contributed by atoms with Gasteiger partial charge in [-0.25, -0.2) is 0 Å². The van der Waals surface area contributed by atoms with Gasteiger partial charge in [-0.05, 0) is 128 Å². The van der Waals surface area contributed by atoms with Gasteiger partial charge in [0.25, 0.3) is 0 Å². The van der Waals surface area contributed by atoms with E-state index < -0.39 is 0 Å². The number of fused-ring (bicyclic) bond motifs is 7. The number of benzene rings is 10. The first-order valence-corrected chi connectivity index (χ1v) is 16.7. The zero-order chi connectivity index (χ0) is 31.6. The van der Waals surface area contributed by atoms with Crippen molar-refractivity contribution in [3.63, 3.8) is 0 Å². The summed E-state index contributed by atoms with van der Waals surface area (Å²) in [6.45, 7) is 0. The zero-order valence-corrected chi connectivity index (χ0v) is 26.3. The Balaban J connectivity index is 1.27. The van der Waals surface area contributed by atoms with Crippen LogP contribution < -0.4 is 0 Å². The molecule has 0 nitrogen and oxygen atoms in total. The molecule has 0 atom stereocenters. The summed E-state index contributed by atoms with van der Waals surface area (Å²) in [5.74, 6) is 0. The van der Waals surface area contributed by atoms with E-state index in [2.05, 4.69) is 182 Å². The topological polar surface area (TPSA) is 0 Å². The second-order valence-electron chi connectivity index (χ2n) is 12.9. The van der Waals surface area contributed by atoms with Crippen LogP contribution in [-0.2, 0) is 0 Å². The molecule has 0 N–H and O–H groups in total.